The van der Waals surface area contributed by atoms with Crippen LogP contribution in [0.4, 0.5) is 5.69 Å². The van der Waals surface area contributed by atoms with E-state index >= 15 is 0 Å². The molecule has 6 nitrogen and oxygen atoms in total. The van der Waals surface area contributed by atoms with Crippen LogP contribution in [-0.4, -0.2) is 55.7 Å². The zero-order valence-corrected chi connectivity index (χ0v) is 17.0. The highest BCUT2D eigenvalue weighted by Crippen LogP contribution is 2.16. The molecule has 1 heterocycles. The van der Waals surface area contributed by atoms with Crippen molar-refractivity contribution >= 4 is 17.6 Å². The molecule has 0 unspecified atom stereocenters. The molecule has 1 aliphatic rings. The first-order valence-electron chi connectivity index (χ1n) is 10.0. The van der Waals surface area contributed by atoms with Gasteiger partial charge in [0.05, 0.1) is 13.0 Å². The highest BCUT2D eigenvalue weighted by Gasteiger charge is 2.27. The topological polar surface area (TPSA) is 59.1 Å². The Morgan fingerprint density at radius 1 is 1.00 bits per heavy atom. The summed E-state index contributed by atoms with van der Waals surface area (Å²) in [5, 5.41) is 0. The van der Waals surface area contributed by atoms with Crippen molar-refractivity contribution in [3.05, 3.63) is 60.2 Å². The smallest absolute Gasteiger partial charge is 0.310 e. The Balaban J connectivity index is 1.39. The average molecular weight is 396 g/mol. The van der Waals surface area contributed by atoms with Gasteiger partial charge in [-0.1, -0.05) is 30.3 Å². The SMILES string of the molecule is Cc1cccc(OCCC(=O)O[C@@H](C)C(=O)N2CCN(c3ccccc3)CC2)c1. The van der Waals surface area contributed by atoms with Crippen molar-refractivity contribution in [1.29, 1.82) is 0 Å². The second-order valence-electron chi connectivity index (χ2n) is 7.19. The maximum absolute atomic E-state index is 12.6. The van der Waals surface area contributed by atoms with E-state index in [1.165, 1.54) is 0 Å². The predicted octanol–water partition coefficient (Wildman–Crippen LogP) is 3.04. The molecule has 0 saturated carbocycles. The van der Waals surface area contributed by atoms with Crippen LogP contribution in [0.3, 0.4) is 0 Å². The van der Waals surface area contributed by atoms with E-state index in [0.717, 1.165) is 30.1 Å². The van der Waals surface area contributed by atoms with Crippen molar-refractivity contribution in [3.8, 4) is 5.75 Å². The second kappa shape index (κ2) is 9.96. The van der Waals surface area contributed by atoms with Crippen LogP contribution >= 0.6 is 0 Å². The number of rotatable bonds is 7. The molecule has 1 fully saturated rings. The molecule has 3 rings (SSSR count). The lowest BCUT2D eigenvalue weighted by Gasteiger charge is -2.37. The number of benzene rings is 2. The first kappa shape index (κ1) is 20.7. The Kier molecular flexibility index (Phi) is 7.11. The molecule has 1 saturated heterocycles. The zero-order valence-electron chi connectivity index (χ0n) is 17.0. The number of piperazine rings is 1. The van der Waals surface area contributed by atoms with Gasteiger partial charge in [0.2, 0.25) is 0 Å². The van der Waals surface area contributed by atoms with E-state index < -0.39 is 12.1 Å². The fourth-order valence-corrected chi connectivity index (χ4v) is 3.34. The minimum absolute atomic E-state index is 0.105. The molecule has 154 valence electrons. The monoisotopic (exact) mass is 396 g/mol. The normalized spacial score (nSPS) is 15.0. The van der Waals surface area contributed by atoms with Gasteiger partial charge >= 0.3 is 5.97 Å². The van der Waals surface area contributed by atoms with Crippen molar-refractivity contribution < 1.29 is 19.1 Å². The van der Waals surface area contributed by atoms with Crippen LogP contribution in [-0.2, 0) is 14.3 Å². The van der Waals surface area contributed by atoms with Crippen molar-refractivity contribution in [2.24, 2.45) is 0 Å². The van der Waals surface area contributed by atoms with Gasteiger partial charge in [0.15, 0.2) is 6.10 Å². The van der Waals surface area contributed by atoms with Crippen LogP contribution in [0.2, 0.25) is 0 Å². The van der Waals surface area contributed by atoms with Crippen molar-refractivity contribution in [2.45, 2.75) is 26.4 Å². The third-order valence-corrected chi connectivity index (χ3v) is 4.93. The van der Waals surface area contributed by atoms with Crippen LogP contribution in [0, 0.1) is 6.92 Å². The number of aryl methyl sites for hydroxylation is 1. The van der Waals surface area contributed by atoms with Crippen LogP contribution in [0.5, 0.6) is 5.75 Å². The molecule has 1 aliphatic heterocycles. The summed E-state index contributed by atoms with van der Waals surface area (Å²) in [6, 6.07) is 17.8. The van der Waals surface area contributed by atoms with E-state index in [9.17, 15) is 9.59 Å². The molecule has 0 spiro atoms. The molecule has 0 bridgehead atoms. The highest BCUT2D eigenvalue weighted by atomic mass is 16.6. The number of hydrogen-bond acceptors (Lipinski definition) is 5. The van der Waals surface area contributed by atoms with Gasteiger partial charge in [-0.25, -0.2) is 0 Å². The van der Waals surface area contributed by atoms with E-state index in [2.05, 4.69) is 17.0 Å². The van der Waals surface area contributed by atoms with Crippen LogP contribution in [0.15, 0.2) is 54.6 Å². The first-order valence-corrected chi connectivity index (χ1v) is 10.0. The van der Waals surface area contributed by atoms with Crippen molar-refractivity contribution in [1.82, 2.24) is 4.90 Å². The third-order valence-electron chi connectivity index (χ3n) is 4.93. The molecule has 0 aliphatic carbocycles. The van der Waals surface area contributed by atoms with Gasteiger partial charge in [-0.05, 0) is 43.7 Å². The fraction of sp³-hybridized carbons (Fsp3) is 0.391. The Bertz CT molecular complexity index is 817. The summed E-state index contributed by atoms with van der Waals surface area (Å²) in [5.74, 6) is 0.144. The van der Waals surface area contributed by atoms with Gasteiger partial charge in [0.25, 0.3) is 5.91 Å². The number of para-hydroxylation sites is 1. The molecule has 6 heteroatoms. The molecule has 1 atom stereocenters. The molecular weight excluding hydrogens is 368 g/mol. The number of esters is 1. The Morgan fingerprint density at radius 3 is 2.41 bits per heavy atom. The minimum atomic E-state index is -0.787. The zero-order chi connectivity index (χ0) is 20.6. The van der Waals surface area contributed by atoms with Gasteiger partial charge in [0, 0.05) is 31.9 Å². The highest BCUT2D eigenvalue weighted by molar-refractivity contribution is 5.83. The first-order chi connectivity index (χ1) is 14.0. The van der Waals surface area contributed by atoms with Gasteiger partial charge in [-0.3, -0.25) is 9.59 Å². The molecule has 2 aromatic carbocycles. The molecule has 2 aromatic rings. The molecule has 29 heavy (non-hydrogen) atoms. The number of nitrogens with zero attached hydrogens (tertiary/aromatic N) is 2. The maximum Gasteiger partial charge on any atom is 0.310 e. The van der Waals surface area contributed by atoms with E-state index in [0.29, 0.717) is 13.1 Å². The van der Waals surface area contributed by atoms with Gasteiger partial charge in [0.1, 0.15) is 5.75 Å². The Hall–Kier alpha value is -3.02. The lowest BCUT2D eigenvalue weighted by atomic mass is 10.2. The average Bonchev–Trinajstić information content (AvgIpc) is 2.74. The lowest BCUT2D eigenvalue weighted by Crippen LogP contribution is -2.51. The molecule has 0 N–H and O–H groups in total. The van der Waals surface area contributed by atoms with Crippen molar-refractivity contribution in [3.63, 3.8) is 0 Å². The fourth-order valence-electron chi connectivity index (χ4n) is 3.34. The van der Waals surface area contributed by atoms with Crippen LogP contribution < -0.4 is 9.64 Å². The van der Waals surface area contributed by atoms with Crippen LogP contribution in [0.1, 0.15) is 18.9 Å². The summed E-state index contributed by atoms with van der Waals surface area (Å²) in [4.78, 5) is 28.7. The van der Waals surface area contributed by atoms with Crippen molar-refractivity contribution in [2.75, 3.05) is 37.7 Å². The lowest BCUT2D eigenvalue weighted by molar-refractivity contribution is -0.159. The standard InChI is InChI=1S/C23H28N2O4/c1-18-7-6-10-21(17-18)28-16-11-22(26)29-19(2)23(27)25-14-12-24(13-15-25)20-8-4-3-5-9-20/h3-10,17,19H,11-16H2,1-2H3/t19-/m0/s1. The maximum atomic E-state index is 12.6. The largest absolute Gasteiger partial charge is 0.493 e. The summed E-state index contributed by atoms with van der Waals surface area (Å²) >= 11 is 0. The number of amides is 1. The number of carbonyl (C=O) groups is 2. The molecule has 0 radical (unpaired) electrons. The Labute approximate surface area is 172 Å². The number of anilines is 1. The van der Waals surface area contributed by atoms with Gasteiger partial charge in [-0.15, -0.1) is 0 Å². The summed E-state index contributed by atoms with van der Waals surface area (Å²) < 4.78 is 10.9. The number of hydrogen-bond donors (Lipinski definition) is 0. The van der Waals surface area contributed by atoms with E-state index in [-0.39, 0.29) is 18.9 Å². The summed E-state index contributed by atoms with van der Waals surface area (Å²) in [6.45, 7) is 6.60. The minimum Gasteiger partial charge on any atom is -0.493 e. The summed E-state index contributed by atoms with van der Waals surface area (Å²) in [6.07, 6.45) is -0.683. The van der Waals surface area contributed by atoms with E-state index in [1.54, 1.807) is 11.8 Å². The number of carbonyl (C=O) groups excluding carboxylic acids is 2. The third kappa shape index (κ3) is 5.98. The second-order valence-corrected chi connectivity index (χ2v) is 7.19. The van der Waals surface area contributed by atoms with Crippen LogP contribution in [0.25, 0.3) is 0 Å². The molecule has 1 amide bonds. The summed E-state index contributed by atoms with van der Waals surface area (Å²) in [5.41, 5.74) is 2.25. The van der Waals surface area contributed by atoms with E-state index in [1.807, 2.05) is 49.4 Å². The summed E-state index contributed by atoms with van der Waals surface area (Å²) in [7, 11) is 0. The molecule has 0 aromatic heterocycles. The number of ether oxygens (including phenoxy) is 2. The Morgan fingerprint density at radius 2 is 1.72 bits per heavy atom. The quantitative estimate of drug-likeness (QED) is 0.674. The van der Waals surface area contributed by atoms with E-state index in [4.69, 9.17) is 9.47 Å². The van der Waals surface area contributed by atoms with Gasteiger partial charge < -0.3 is 19.3 Å². The van der Waals surface area contributed by atoms with Gasteiger partial charge in [-0.2, -0.15) is 0 Å². The predicted molar refractivity (Wildman–Crippen MR) is 112 cm³/mol. The molecular formula is C23H28N2O4.